The Balaban J connectivity index is 2.04. The van der Waals surface area contributed by atoms with Crippen LogP contribution >= 0.6 is 0 Å². The van der Waals surface area contributed by atoms with Gasteiger partial charge in [-0.25, -0.2) is 4.39 Å². The summed E-state index contributed by atoms with van der Waals surface area (Å²) >= 11 is 0. The SMILES string of the molecule is COc1ccc(-c2cccc3c2O[C@H](CN)C3)cc1F. The Morgan fingerprint density at radius 1 is 1.35 bits per heavy atom. The third-order valence-electron chi connectivity index (χ3n) is 3.55. The molecule has 1 atom stereocenters. The highest BCUT2D eigenvalue weighted by atomic mass is 19.1. The quantitative estimate of drug-likeness (QED) is 0.935. The minimum atomic E-state index is -0.379. The zero-order valence-corrected chi connectivity index (χ0v) is 11.2. The predicted octanol–water partition coefficient (Wildman–Crippen LogP) is 2.76. The van der Waals surface area contributed by atoms with Gasteiger partial charge in [-0.05, 0) is 23.3 Å². The van der Waals surface area contributed by atoms with Crippen molar-refractivity contribution in [1.82, 2.24) is 0 Å². The summed E-state index contributed by atoms with van der Waals surface area (Å²) in [5, 5.41) is 0. The first-order valence-corrected chi connectivity index (χ1v) is 6.55. The summed E-state index contributed by atoms with van der Waals surface area (Å²) in [4.78, 5) is 0. The molecule has 0 unspecified atom stereocenters. The van der Waals surface area contributed by atoms with Crippen LogP contribution in [0, 0.1) is 5.82 Å². The second-order valence-corrected chi connectivity index (χ2v) is 4.82. The third kappa shape index (κ3) is 2.12. The molecular formula is C16H16FNO2. The van der Waals surface area contributed by atoms with Gasteiger partial charge < -0.3 is 15.2 Å². The van der Waals surface area contributed by atoms with E-state index in [-0.39, 0.29) is 17.7 Å². The molecule has 0 fully saturated rings. The van der Waals surface area contributed by atoms with Crippen LogP contribution in [-0.2, 0) is 6.42 Å². The Kier molecular flexibility index (Phi) is 3.32. The van der Waals surface area contributed by atoms with E-state index in [1.165, 1.54) is 13.2 Å². The molecule has 0 amide bonds. The van der Waals surface area contributed by atoms with Gasteiger partial charge in [0, 0.05) is 18.5 Å². The first-order valence-electron chi connectivity index (χ1n) is 6.55. The molecule has 0 bridgehead atoms. The van der Waals surface area contributed by atoms with Gasteiger partial charge in [0.15, 0.2) is 11.6 Å². The van der Waals surface area contributed by atoms with Crippen molar-refractivity contribution >= 4 is 0 Å². The average Bonchev–Trinajstić information content (AvgIpc) is 2.90. The molecule has 20 heavy (non-hydrogen) atoms. The molecule has 3 nitrogen and oxygen atoms in total. The highest BCUT2D eigenvalue weighted by Crippen LogP contribution is 2.39. The van der Waals surface area contributed by atoms with Crippen LogP contribution in [0.25, 0.3) is 11.1 Å². The van der Waals surface area contributed by atoms with Gasteiger partial charge in [-0.3, -0.25) is 0 Å². The maximum absolute atomic E-state index is 13.8. The summed E-state index contributed by atoms with van der Waals surface area (Å²) in [5.74, 6) is 0.672. The predicted molar refractivity (Wildman–Crippen MR) is 75.6 cm³/mol. The maximum Gasteiger partial charge on any atom is 0.165 e. The van der Waals surface area contributed by atoms with E-state index in [0.29, 0.717) is 6.54 Å². The summed E-state index contributed by atoms with van der Waals surface area (Å²) in [6.07, 6.45) is 0.812. The van der Waals surface area contributed by atoms with Crippen molar-refractivity contribution in [2.45, 2.75) is 12.5 Å². The largest absolute Gasteiger partial charge is 0.494 e. The number of rotatable bonds is 3. The molecule has 0 aliphatic carbocycles. The van der Waals surface area contributed by atoms with Crippen molar-refractivity contribution < 1.29 is 13.9 Å². The summed E-state index contributed by atoms with van der Waals surface area (Å²) in [6, 6.07) is 10.8. The van der Waals surface area contributed by atoms with E-state index in [2.05, 4.69) is 0 Å². The highest BCUT2D eigenvalue weighted by Gasteiger charge is 2.24. The zero-order valence-electron chi connectivity index (χ0n) is 11.2. The molecule has 0 spiro atoms. The Labute approximate surface area is 117 Å². The third-order valence-corrected chi connectivity index (χ3v) is 3.55. The van der Waals surface area contributed by atoms with Crippen molar-refractivity contribution in [3.8, 4) is 22.6 Å². The second kappa shape index (κ2) is 5.13. The van der Waals surface area contributed by atoms with Gasteiger partial charge >= 0.3 is 0 Å². The van der Waals surface area contributed by atoms with Gasteiger partial charge in [0.05, 0.1) is 7.11 Å². The fourth-order valence-corrected chi connectivity index (χ4v) is 2.53. The Bertz CT molecular complexity index is 642. The summed E-state index contributed by atoms with van der Waals surface area (Å²) in [6.45, 7) is 0.477. The minimum Gasteiger partial charge on any atom is -0.494 e. The van der Waals surface area contributed by atoms with E-state index < -0.39 is 0 Å². The van der Waals surface area contributed by atoms with Gasteiger partial charge in [-0.1, -0.05) is 24.3 Å². The van der Waals surface area contributed by atoms with E-state index in [9.17, 15) is 4.39 Å². The smallest absolute Gasteiger partial charge is 0.165 e. The number of hydrogen-bond acceptors (Lipinski definition) is 3. The molecular weight excluding hydrogens is 257 g/mol. The lowest BCUT2D eigenvalue weighted by atomic mass is 10.0. The Morgan fingerprint density at radius 3 is 2.90 bits per heavy atom. The lowest BCUT2D eigenvalue weighted by molar-refractivity contribution is 0.242. The van der Waals surface area contributed by atoms with E-state index in [0.717, 1.165) is 28.9 Å². The van der Waals surface area contributed by atoms with Gasteiger partial charge in [0.1, 0.15) is 11.9 Å². The molecule has 1 heterocycles. The van der Waals surface area contributed by atoms with Crippen molar-refractivity contribution in [3.05, 3.63) is 47.8 Å². The molecule has 0 radical (unpaired) electrons. The maximum atomic E-state index is 13.8. The molecule has 1 aliphatic heterocycles. The summed E-state index contributed by atoms with van der Waals surface area (Å²) in [7, 11) is 1.45. The molecule has 3 rings (SSSR count). The van der Waals surface area contributed by atoms with Crippen LogP contribution in [0.1, 0.15) is 5.56 Å². The molecule has 0 saturated carbocycles. The number of halogens is 1. The molecule has 2 aromatic carbocycles. The molecule has 1 aliphatic rings. The van der Waals surface area contributed by atoms with Crippen molar-refractivity contribution in [1.29, 1.82) is 0 Å². The van der Waals surface area contributed by atoms with E-state index in [4.69, 9.17) is 15.2 Å². The second-order valence-electron chi connectivity index (χ2n) is 4.82. The van der Waals surface area contributed by atoms with Crippen LogP contribution in [0.15, 0.2) is 36.4 Å². The lowest BCUT2D eigenvalue weighted by Gasteiger charge is -2.11. The van der Waals surface area contributed by atoms with Crippen LogP contribution in [-0.4, -0.2) is 19.8 Å². The van der Waals surface area contributed by atoms with Gasteiger partial charge in [-0.2, -0.15) is 0 Å². The number of para-hydroxylation sites is 1. The van der Waals surface area contributed by atoms with Gasteiger partial charge in [0.2, 0.25) is 0 Å². The monoisotopic (exact) mass is 273 g/mol. The minimum absolute atomic E-state index is 0.00856. The first kappa shape index (κ1) is 12.9. The number of ether oxygens (including phenoxy) is 2. The van der Waals surface area contributed by atoms with Crippen molar-refractivity contribution in [2.75, 3.05) is 13.7 Å². The first-order chi connectivity index (χ1) is 9.72. The molecule has 0 saturated heterocycles. The molecule has 104 valence electrons. The molecule has 0 aromatic heterocycles. The summed E-state index contributed by atoms with van der Waals surface area (Å²) in [5.41, 5.74) is 8.45. The van der Waals surface area contributed by atoms with Crippen LogP contribution in [0.3, 0.4) is 0 Å². The topological polar surface area (TPSA) is 44.5 Å². The van der Waals surface area contributed by atoms with E-state index >= 15 is 0 Å². The van der Waals surface area contributed by atoms with Crippen LogP contribution < -0.4 is 15.2 Å². The zero-order chi connectivity index (χ0) is 14.1. The van der Waals surface area contributed by atoms with E-state index in [1.54, 1.807) is 6.07 Å². The Hall–Kier alpha value is -2.07. The molecule has 2 N–H and O–H groups in total. The number of nitrogens with two attached hydrogens (primary N) is 1. The Morgan fingerprint density at radius 2 is 2.20 bits per heavy atom. The van der Waals surface area contributed by atoms with Crippen molar-refractivity contribution in [2.24, 2.45) is 5.73 Å². The fourth-order valence-electron chi connectivity index (χ4n) is 2.53. The van der Waals surface area contributed by atoms with Crippen LogP contribution in [0.5, 0.6) is 11.5 Å². The average molecular weight is 273 g/mol. The summed E-state index contributed by atoms with van der Waals surface area (Å²) < 4.78 is 24.6. The number of hydrogen-bond donors (Lipinski definition) is 1. The van der Waals surface area contributed by atoms with Crippen LogP contribution in [0.2, 0.25) is 0 Å². The van der Waals surface area contributed by atoms with Crippen molar-refractivity contribution in [3.63, 3.8) is 0 Å². The van der Waals surface area contributed by atoms with E-state index in [1.807, 2.05) is 24.3 Å². The van der Waals surface area contributed by atoms with Gasteiger partial charge in [-0.15, -0.1) is 0 Å². The lowest BCUT2D eigenvalue weighted by Crippen LogP contribution is -2.24. The van der Waals surface area contributed by atoms with Crippen LogP contribution in [0.4, 0.5) is 4.39 Å². The normalized spacial score (nSPS) is 16.6. The fraction of sp³-hybridized carbons (Fsp3) is 0.250. The molecule has 2 aromatic rings. The standard InChI is InChI=1S/C16H16FNO2/c1-19-15-6-5-10(8-14(15)17)13-4-2-3-11-7-12(9-18)20-16(11)13/h2-6,8,12H,7,9,18H2,1H3/t12-/m0/s1. The highest BCUT2D eigenvalue weighted by molar-refractivity contribution is 5.73. The number of methoxy groups -OCH3 is 1. The number of fused-ring (bicyclic) bond motifs is 1. The number of benzene rings is 2. The molecule has 4 heteroatoms. The van der Waals surface area contributed by atoms with Gasteiger partial charge in [0.25, 0.3) is 0 Å².